The molecule has 0 fully saturated rings. The fourth-order valence-electron chi connectivity index (χ4n) is 7.85. The molecule has 4 heteroatoms. The average molecular weight is 679 g/mol. The van der Waals surface area contributed by atoms with Crippen LogP contribution in [0, 0.1) is 0 Å². The molecule has 0 saturated carbocycles. The lowest BCUT2D eigenvalue weighted by Crippen LogP contribution is -2.23. The third kappa shape index (κ3) is 5.49. The number of aromatic nitrogens is 2. The minimum atomic E-state index is -0.139. The first kappa shape index (κ1) is 30.8. The molecule has 2 aromatic heterocycles. The molecule has 10 rings (SSSR count). The van der Waals surface area contributed by atoms with Gasteiger partial charge >= 0.3 is 0 Å². The lowest BCUT2D eigenvalue weighted by Gasteiger charge is -2.26. The van der Waals surface area contributed by atoms with Gasteiger partial charge in [0.2, 0.25) is 0 Å². The van der Waals surface area contributed by atoms with Crippen molar-refractivity contribution in [1.29, 1.82) is 0 Å². The number of para-hydroxylation sites is 1. The summed E-state index contributed by atoms with van der Waals surface area (Å²) in [6, 6.07) is 63.0. The van der Waals surface area contributed by atoms with Gasteiger partial charge < -0.3 is 5.32 Å². The molecule has 4 nitrogen and oxygen atoms in total. The number of hydrogen-bond donors (Lipinski definition) is 1. The molecule has 53 heavy (non-hydrogen) atoms. The predicted octanol–water partition coefficient (Wildman–Crippen LogP) is 12.7. The van der Waals surface area contributed by atoms with Gasteiger partial charge in [-0.2, -0.15) is 0 Å². The second-order valence-electron chi connectivity index (χ2n) is 13.5. The monoisotopic (exact) mass is 678 g/mol. The smallest absolute Gasteiger partial charge is 0.159 e. The van der Waals surface area contributed by atoms with E-state index in [-0.39, 0.29) is 6.17 Å². The van der Waals surface area contributed by atoms with Gasteiger partial charge in [0.1, 0.15) is 6.17 Å². The van der Waals surface area contributed by atoms with E-state index < -0.39 is 0 Å². The third-order valence-corrected chi connectivity index (χ3v) is 10.4. The van der Waals surface area contributed by atoms with E-state index in [9.17, 15) is 0 Å². The molecule has 1 unspecified atom stereocenters. The molecule has 1 aliphatic rings. The highest BCUT2D eigenvalue weighted by Crippen LogP contribution is 2.49. The maximum atomic E-state index is 4.92. The Kier molecular flexibility index (Phi) is 7.51. The van der Waals surface area contributed by atoms with Crippen LogP contribution in [0.15, 0.2) is 195 Å². The van der Waals surface area contributed by atoms with Gasteiger partial charge in [-0.1, -0.05) is 127 Å². The first-order valence-electron chi connectivity index (χ1n) is 18.0. The van der Waals surface area contributed by atoms with Crippen LogP contribution >= 0.6 is 0 Å². The molecule has 0 spiro atoms. The van der Waals surface area contributed by atoms with Crippen molar-refractivity contribution in [2.24, 2.45) is 0 Å². The van der Waals surface area contributed by atoms with Gasteiger partial charge in [0, 0.05) is 35.4 Å². The van der Waals surface area contributed by atoms with Crippen molar-refractivity contribution >= 4 is 38.7 Å². The van der Waals surface area contributed by atoms with Gasteiger partial charge in [-0.15, -0.1) is 0 Å². The number of pyridine rings is 2. The fraction of sp³-hybridized carbons (Fsp3) is 0.0204. The Morgan fingerprint density at radius 2 is 1.11 bits per heavy atom. The Hall–Kier alpha value is -7.04. The number of fused-ring (bicyclic) bond motifs is 4. The maximum absolute atomic E-state index is 4.92. The summed E-state index contributed by atoms with van der Waals surface area (Å²) in [5.41, 5.74) is 12.5. The zero-order chi connectivity index (χ0) is 35.1. The van der Waals surface area contributed by atoms with Crippen molar-refractivity contribution in [2.45, 2.75) is 6.17 Å². The molecule has 9 aromatic rings. The van der Waals surface area contributed by atoms with E-state index in [2.05, 4.69) is 185 Å². The molecular formula is C49H34N4. The van der Waals surface area contributed by atoms with Crippen LogP contribution in [-0.2, 0) is 0 Å². The van der Waals surface area contributed by atoms with Gasteiger partial charge in [0.15, 0.2) is 5.82 Å². The minimum Gasteiger partial charge on any atom is -0.358 e. The number of nitrogens with zero attached hydrogens (tertiary/aromatic N) is 3. The Morgan fingerprint density at radius 1 is 0.453 bits per heavy atom. The second-order valence-corrected chi connectivity index (χ2v) is 13.5. The van der Waals surface area contributed by atoms with Crippen molar-refractivity contribution in [3.8, 4) is 44.5 Å². The Labute approximate surface area is 308 Å². The zero-order valence-corrected chi connectivity index (χ0v) is 28.9. The van der Waals surface area contributed by atoms with Crippen LogP contribution in [0.25, 0.3) is 66.1 Å². The standard InChI is InChI=1S/C49H34N4/c1-3-12-34(13-4-1)43-25-27-51-49-47(43)52-48(53(49)41-16-5-2-6-17-41)35-23-21-33(22-24-35)38-28-39(37-15-11-26-50-32-37)30-40(29-38)46-31-36-14-7-8-18-42(36)44-19-9-10-20-45(44)46/h1-32,48,52H. The summed E-state index contributed by atoms with van der Waals surface area (Å²) in [7, 11) is 0. The van der Waals surface area contributed by atoms with E-state index in [0.29, 0.717) is 0 Å². The van der Waals surface area contributed by atoms with Crippen LogP contribution in [0.2, 0.25) is 0 Å². The average Bonchev–Trinajstić information content (AvgIpc) is 3.64. The third-order valence-electron chi connectivity index (χ3n) is 10.4. The molecule has 1 aliphatic heterocycles. The quantitative estimate of drug-likeness (QED) is 0.178. The van der Waals surface area contributed by atoms with Gasteiger partial charge in [0.25, 0.3) is 0 Å². The molecule has 0 radical (unpaired) electrons. The Bertz CT molecular complexity index is 2750. The van der Waals surface area contributed by atoms with E-state index in [1.807, 2.05) is 24.7 Å². The molecule has 0 amide bonds. The van der Waals surface area contributed by atoms with Crippen LogP contribution in [-0.4, -0.2) is 9.97 Å². The van der Waals surface area contributed by atoms with Crippen molar-refractivity contribution < 1.29 is 0 Å². The summed E-state index contributed by atoms with van der Waals surface area (Å²) >= 11 is 0. The Balaban J connectivity index is 1.09. The van der Waals surface area contributed by atoms with Crippen molar-refractivity contribution in [3.63, 3.8) is 0 Å². The number of nitrogens with one attached hydrogen (secondary N) is 1. The zero-order valence-electron chi connectivity index (χ0n) is 28.9. The van der Waals surface area contributed by atoms with E-state index in [1.165, 1.54) is 32.7 Å². The molecule has 3 heterocycles. The molecule has 0 bridgehead atoms. The lowest BCUT2D eigenvalue weighted by atomic mass is 9.89. The second kappa shape index (κ2) is 12.9. The van der Waals surface area contributed by atoms with Gasteiger partial charge in [-0.05, 0) is 109 Å². The van der Waals surface area contributed by atoms with E-state index in [4.69, 9.17) is 4.98 Å². The predicted molar refractivity (Wildman–Crippen MR) is 220 cm³/mol. The van der Waals surface area contributed by atoms with E-state index >= 15 is 0 Å². The van der Waals surface area contributed by atoms with Crippen LogP contribution in [0.3, 0.4) is 0 Å². The molecular weight excluding hydrogens is 645 g/mol. The number of rotatable bonds is 6. The van der Waals surface area contributed by atoms with Gasteiger partial charge in [0.05, 0.1) is 5.69 Å². The maximum Gasteiger partial charge on any atom is 0.159 e. The lowest BCUT2D eigenvalue weighted by molar-refractivity contribution is 0.820. The van der Waals surface area contributed by atoms with Gasteiger partial charge in [-0.3, -0.25) is 9.88 Å². The fourth-order valence-corrected chi connectivity index (χ4v) is 7.85. The topological polar surface area (TPSA) is 41.1 Å². The summed E-state index contributed by atoms with van der Waals surface area (Å²) in [5, 5.41) is 8.88. The minimum absolute atomic E-state index is 0.139. The highest BCUT2D eigenvalue weighted by atomic mass is 15.4. The first-order chi connectivity index (χ1) is 26.3. The summed E-state index contributed by atoms with van der Waals surface area (Å²) in [6.07, 6.45) is 5.55. The van der Waals surface area contributed by atoms with Crippen LogP contribution < -0.4 is 10.2 Å². The van der Waals surface area contributed by atoms with E-state index in [1.54, 1.807) is 0 Å². The first-order valence-corrected chi connectivity index (χ1v) is 18.0. The van der Waals surface area contributed by atoms with Crippen LogP contribution in [0.5, 0.6) is 0 Å². The summed E-state index contributed by atoms with van der Waals surface area (Å²) < 4.78 is 0. The SMILES string of the molecule is c1ccc(-c2ccnc3c2NC(c2ccc(-c4cc(-c5cccnc5)cc(-c5cc6ccccc6c6ccccc56)c4)cc2)N3c2ccccc2)cc1. The van der Waals surface area contributed by atoms with Crippen molar-refractivity contribution in [3.05, 3.63) is 200 Å². The normalized spacial score (nSPS) is 13.6. The van der Waals surface area contributed by atoms with Crippen molar-refractivity contribution in [1.82, 2.24) is 9.97 Å². The Morgan fingerprint density at radius 3 is 1.89 bits per heavy atom. The molecule has 0 saturated heterocycles. The molecule has 1 atom stereocenters. The van der Waals surface area contributed by atoms with Crippen LogP contribution in [0.1, 0.15) is 11.7 Å². The van der Waals surface area contributed by atoms with Crippen molar-refractivity contribution in [2.75, 3.05) is 10.2 Å². The molecule has 250 valence electrons. The molecule has 1 N–H and O–H groups in total. The summed E-state index contributed by atoms with van der Waals surface area (Å²) in [4.78, 5) is 11.7. The highest BCUT2D eigenvalue weighted by Gasteiger charge is 2.34. The number of hydrogen-bond acceptors (Lipinski definition) is 4. The number of anilines is 3. The van der Waals surface area contributed by atoms with E-state index in [0.717, 1.165) is 56.1 Å². The number of benzene rings is 7. The summed E-state index contributed by atoms with van der Waals surface area (Å²) in [6.45, 7) is 0. The largest absolute Gasteiger partial charge is 0.358 e. The van der Waals surface area contributed by atoms with Gasteiger partial charge in [-0.25, -0.2) is 4.98 Å². The van der Waals surface area contributed by atoms with Crippen LogP contribution in [0.4, 0.5) is 17.2 Å². The highest BCUT2D eigenvalue weighted by molar-refractivity contribution is 6.14. The summed E-state index contributed by atoms with van der Waals surface area (Å²) in [5.74, 6) is 0.919. The molecule has 0 aliphatic carbocycles. The molecule has 7 aromatic carbocycles.